The predicted molar refractivity (Wildman–Crippen MR) is 77.8 cm³/mol. The largest absolute Gasteiger partial charge is 0.354 e. The second kappa shape index (κ2) is 7.84. The number of amides is 1. The first-order chi connectivity index (χ1) is 9.19. The quantitative estimate of drug-likeness (QED) is 0.870. The van der Waals surface area contributed by atoms with Crippen LogP contribution in [-0.2, 0) is 11.2 Å². The van der Waals surface area contributed by atoms with Gasteiger partial charge >= 0.3 is 0 Å². The summed E-state index contributed by atoms with van der Waals surface area (Å²) in [4.78, 5) is 15.2. The molecule has 8 heteroatoms. The van der Waals surface area contributed by atoms with Crippen molar-refractivity contribution in [2.24, 2.45) is 5.73 Å². The van der Waals surface area contributed by atoms with E-state index in [0.717, 1.165) is 5.56 Å². The van der Waals surface area contributed by atoms with Gasteiger partial charge in [0.15, 0.2) is 0 Å². The Hall–Kier alpha value is -1.63. The van der Waals surface area contributed by atoms with E-state index in [-0.39, 0.29) is 24.9 Å². The van der Waals surface area contributed by atoms with E-state index in [0.29, 0.717) is 29.7 Å². The molecule has 3 N–H and O–H groups in total. The molecule has 0 saturated carbocycles. The van der Waals surface area contributed by atoms with Crippen LogP contribution < -0.4 is 11.1 Å². The number of nitrogens with one attached hydrogen (secondary N) is 1. The van der Waals surface area contributed by atoms with Crippen molar-refractivity contribution in [2.75, 3.05) is 13.1 Å². The molecule has 0 aliphatic rings. The van der Waals surface area contributed by atoms with E-state index < -0.39 is 0 Å². The highest BCUT2D eigenvalue weighted by Gasteiger charge is 2.08. The summed E-state index contributed by atoms with van der Waals surface area (Å²) in [5, 5.41) is 7.15. The van der Waals surface area contributed by atoms with Gasteiger partial charge in [0, 0.05) is 23.6 Å². The van der Waals surface area contributed by atoms with Crippen LogP contribution in [0.3, 0.4) is 0 Å². The first-order valence-electron chi connectivity index (χ1n) is 5.74. The maximum atomic E-state index is 10.9. The van der Waals surface area contributed by atoms with Gasteiger partial charge in [-0.05, 0) is 24.3 Å². The van der Waals surface area contributed by atoms with Gasteiger partial charge in [-0.25, -0.2) is 0 Å². The Balaban J connectivity index is 0.00000200. The number of nitrogens with two attached hydrogens (primary N) is 1. The van der Waals surface area contributed by atoms with E-state index >= 15 is 0 Å². The van der Waals surface area contributed by atoms with Crippen molar-refractivity contribution in [1.29, 1.82) is 0 Å². The van der Waals surface area contributed by atoms with Crippen molar-refractivity contribution in [3.05, 3.63) is 35.2 Å². The van der Waals surface area contributed by atoms with Crippen molar-refractivity contribution in [3.63, 3.8) is 0 Å². The number of aromatic nitrogens is 2. The molecule has 0 atom stereocenters. The first kappa shape index (κ1) is 16.4. The van der Waals surface area contributed by atoms with Gasteiger partial charge in [0.2, 0.25) is 17.6 Å². The third kappa shape index (κ3) is 4.48. The molecule has 6 nitrogen and oxygen atoms in total. The number of rotatable bonds is 5. The summed E-state index contributed by atoms with van der Waals surface area (Å²) >= 11 is 5.80. The summed E-state index contributed by atoms with van der Waals surface area (Å²) in [5.41, 5.74) is 5.99. The third-order valence-corrected chi connectivity index (χ3v) is 2.67. The van der Waals surface area contributed by atoms with Crippen LogP contribution in [0.25, 0.3) is 11.4 Å². The summed E-state index contributed by atoms with van der Waals surface area (Å²) in [5.74, 6) is 0.747. The highest BCUT2D eigenvalue weighted by molar-refractivity contribution is 6.30. The van der Waals surface area contributed by atoms with E-state index in [1.165, 1.54) is 0 Å². The van der Waals surface area contributed by atoms with Gasteiger partial charge < -0.3 is 15.6 Å². The molecule has 108 valence electrons. The number of nitrogens with zero attached hydrogens (tertiary/aromatic N) is 2. The van der Waals surface area contributed by atoms with Crippen molar-refractivity contribution in [1.82, 2.24) is 15.5 Å². The number of halogens is 2. The van der Waals surface area contributed by atoms with Gasteiger partial charge in [-0.3, -0.25) is 4.79 Å². The standard InChI is InChI=1S/C12H13ClN4O2.ClH/c13-9-3-1-8(2-4-9)12-16-11(19-17-12)5-6-15-10(18)7-14;/h1-4H,5-7,14H2,(H,15,18);1H. The Labute approximate surface area is 127 Å². The zero-order valence-corrected chi connectivity index (χ0v) is 12.1. The molecule has 2 rings (SSSR count). The highest BCUT2D eigenvalue weighted by Crippen LogP contribution is 2.18. The fourth-order valence-corrected chi connectivity index (χ4v) is 1.58. The Morgan fingerprint density at radius 3 is 2.70 bits per heavy atom. The zero-order chi connectivity index (χ0) is 13.7. The maximum Gasteiger partial charge on any atom is 0.233 e. The predicted octanol–water partition coefficient (Wildman–Crippen LogP) is 1.43. The lowest BCUT2D eigenvalue weighted by atomic mass is 10.2. The number of hydrogen-bond acceptors (Lipinski definition) is 5. The fraction of sp³-hybridized carbons (Fsp3) is 0.250. The SMILES string of the molecule is Cl.NCC(=O)NCCc1nc(-c2ccc(Cl)cc2)no1. The number of benzene rings is 1. The van der Waals surface area contributed by atoms with Gasteiger partial charge in [0.05, 0.1) is 6.54 Å². The summed E-state index contributed by atoms with van der Waals surface area (Å²) in [6.07, 6.45) is 0.465. The average Bonchev–Trinajstić information content (AvgIpc) is 2.88. The van der Waals surface area contributed by atoms with Gasteiger partial charge in [0.25, 0.3) is 0 Å². The van der Waals surface area contributed by atoms with Gasteiger partial charge in [-0.1, -0.05) is 16.8 Å². The normalized spacial score (nSPS) is 9.90. The smallest absolute Gasteiger partial charge is 0.233 e. The van der Waals surface area contributed by atoms with Crippen molar-refractivity contribution < 1.29 is 9.32 Å². The number of carbonyl (C=O) groups excluding carboxylic acids is 1. The van der Waals surface area contributed by atoms with Crippen molar-refractivity contribution >= 4 is 29.9 Å². The molecule has 2 aromatic rings. The number of carbonyl (C=O) groups is 1. The minimum Gasteiger partial charge on any atom is -0.354 e. The van der Waals surface area contributed by atoms with Crippen LogP contribution in [0.1, 0.15) is 5.89 Å². The lowest BCUT2D eigenvalue weighted by Crippen LogP contribution is -2.31. The molecule has 0 radical (unpaired) electrons. The molecule has 0 unspecified atom stereocenters. The van der Waals surface area contributed by atoms with Crippen LogP contribution in [0.5, 0.6) is 0 Å². The summed E-state index contributed by atoms with van der Waals surface area (Å²) in [6, 6.07) is 7.14. The fourth-order valence-electron chi connectivity index (χ4n) is 1.45. The maximum absolute atomic E-state index is 10.9. The minimum absolute atomic E-state index is 0. The average molecular weight is 317 g/mol. The molecular formula is C12H14Cl2N4O2. The first-order valence-corrected chi connectivity index (χ1v) is 6.12. The van der Waals surface area contributed by atoms with Gasteiger partial charge in [0.1, 0.15) is 0 Å². The van der Waals surface area contributed by atoms with Gasteiger partial charge in [-0.15, -0.1) is 12.4 Å². The van der Waals surface area contributed by atoms with Crippen LogP contribution in [-0.4, -0.2) is 29.1 Å². The minimum atomic E-state index is -0.211. The molecular weight excluding hydrogens is 303 g/mol. The summed E-state index contributed by atoms with van der Waals surface area (Å²) < 4.78 is 5.09. The second-order valence-corrected chi connectivity index (χ2v) is 4.26. The Bertz CT molecular complexity index is 557. The molecule has 1 aromatic carbocycles. The molecule has 1 amide bonds. The summed E-state index contributed by atoms with van der Waals surface area (Å²) in [7, 11) is 0. The Morgan fingerprint density at radius 1 is 1.35 bits per heavy atom. The van der Waals surface area contributed by atoms with Crippen LogP contribution in [0.2, 0.25) is 5.02 Å². The van der Waals surface area contributed by atoms with Crippen LogP contribution in [0.4, 0.5) is 0 Å². The van der Waals surface area contributed by atoms with Crippen molar-refractivity contribution in [2.45, 2.75) is 6.42 Å². The molecule has 0 aliphatic heterocycles. The monoisotopic (exact) mass is 316 g/mol. The van der Waals surface area contributed by atoms with E-state index in [1.54, 1.807) is 12.1 Å². The molecule has 1 heterocycles. The molecule has 0 spiro atoms. The number of hydrogen-bond donors (Lipinski definition) is 2. The highest BCUT2D eigenvalue weighted by atomic mass is 35.5. The van der Waals surface area contributed by atoms with Crippen molar-refractivity contribution in [3.8, 4) is 11.4 Å². The molecule has 1 aromatic heterocycles. The lowest BCUT2D eigenvalue weighted by molar-refractivity contribution is -0.119. The Kier molecular flexibility index (Phi) is 6.44. The molecule has 0 fully saturated rings. The molecule has 0 bridgehead atoms. The van der Waals surface area contributed by atoms with Crippen LogP contribution >= 0.6 is 24.0 Å². The summed E-state index contributed by atoms with van der Waals surface area (Å²) in [6.45, 7) is 0.387. The van der Waals surface area contributed by atoms with E-state index in [1.807, 2.05) is 12.1 Å². The molecule has 0 aliphatic carbocycles. The lowest BCUT2D eigenvalue weighted by Gasteiger charge is -1.99. The van der Waals surface area contributed by atoms with Crippen LogP contribution in [0.15, 0.2) is 28.8 Å². The van der Waals surface area contributed by atoms with E-state index in [4.69, 9.17) is 21.9 Å². The van der Waals surface area contributed by atoms with Gasteiger partial charge in [-0.2, -0.15) is 4.98 Å². The van der Waals surface area contributed by atoms with E-state index in [2.05, 4.69) is 15.5 Å². The topological polar surface area (TPSA) is 94.0 Å². The third-order valence-electron chi connectivity index (χ3n) is 2.42. The van der Waals surface area contributed by atoms with Crippen LogP contribution in [0, 0.1) is 0 Å². The van der Waals surface area contributed by atoms with E-state index in [9.17, 15) is 4.79 Å². The second-order valence-electron chi connectivity index (χ2n) is 3.82. The molecule has 20 heavy (non-hydrogen) atoms. The zero-order valence-electron chi connectivity index (χ0n) is 10.5. The molecule has 0 saturated heterocycles. The Morgan fingerprint density at radius 2 is 2.05 bits per heavy atom.